The number of nitrogens with zero attached hydrogens (tertiary/aromatic N) is 1. The van der Waals surface area contributed by atoms with Crippen LogP contribution in [0.5, 0.6) is 0 Å². The molecule has 1 atom stereocenters. The van der Waals surface area contributed by atoms with E-state index < -0.39 is 0 Å². The van der Waals surface area contributed by atoms with Crippen LogP contribution in [0.4, 0.5) is 0 Å². The molecule has 1 unspecified atom stereocenters. The summed E-state index contributed by atoms with van der Waals surface area (Å²) in [4.78, 5) is 5.63. The Morgan fingerprint density at radius 2 is 2.11 bits per heavy atom. The predicted octanol–water partition coefficient (Wildman–Crippen LogP) is 2.88. The highest BCUT2D eigenvalue weighted by Gasteiger charge is 2.30. The van der Waals surface area contributed by atoms with Gasteiger partial charge in [0.15, 0.2) is 0 Å². The maximum Gasteiger partial charge on any atom is 0.0896 e. The fourth-order valence-electron chi connectivity index (χ4n) is 2.81. The van der Waals surface area contributed by atoms with Crippen LogP contribution in [0.3, 0.4) is 0 Å². The molecular formula is C15H18N2S. The van der Waals surface area contributed by atoms with Gasteiger partial charge in [0.05, 0.1) is 5.01 Å². The highest BCUT2D eigenvalue weighted by molar-refractivity contribution is 7.11. The van der Waals surface area contributed by atoms with E-state index in [2.05, 4.69) is 29.2 Å². The van der Waals surface area contributed by atoms with Crippen LogP contribution in [0, 0.1) is 6.92 Å². The molecular weight excluding hydrogens is 240 g/mol. The summed E-state index contributed by atoms with van der Waals surface area (Å²) in [5, 5.41) is 1.13. The lowest BCUT2D eigenvalue weighted by atomic mass is 9.76. The minimum absolute atomic E-state index is 0.0900. The molecule has 1 heterocycles. The number of benzene rings is 1. The third-order valence-electron chi connectivity index (χ3n) is 3.75. The highest BCUT2D eigenvalue weighted by atomic mass is 32.1. The Bertz CT molecular complexity index is 561. The summed E-state index contributed by atoms with van der Waals surface area (Å²) in [5.41, 5.74) is 9.40. The van der Waals surface area contributed by atoms with E-state index >= 15 is 0 Å². The van der Waals surface area contributed by atoms with Crippen molar-refractivity contribution in [3.63, 3.8) is 0 Å². The van der Waals surface area contributed by atoms with E-state index in [-0.39, 0.29) is 5.54 Å². The summed E-state index contributed by atoms with van der Waals surface area (Å²) >= 11 is 1.77. The number of aromatic nitrogens is 1. The number of hydrogen-bond donors (Lipinski definition) is 1. The Hall–Kier alpha value is -1.19. The van der Waals surface area contributed by atoms with Crippen molar-refractivity contribution < 1.29 is 0 Å². The van der Waals surface area contributed by atoms with Gasteiger partial charge in [0.2, 0.25) is 0 Å². The Morgan fingerprint density at radius 1 is 1.33 bits per heavy atom. The number of rotatable bonds is 2. The zero-order valence-electron chi connectivity index (χ0n) is 10.6. The van der Waals surface area contributed by atoms with E-state index in [1.165, 1.54) is 16.0 Å². The van der Waals surface area contributed by atoms with Gasteiger partial charge in [-0.2, -0.15) is 0 Å². The Labute approximate surface area is 112 Å². The van der Waals surface area contributed by atoms with Gasteiger partial charge in [0.1, 0.15) is 0 Å². The molecule has 1 aromatic heterocycles. The van der Waals surface area contributed by atoms with Crippen molar-refractivity contribution in [3.8, 4) is 0 Å². The summed E-state index contributed by atoms with van der Waals surface area (Å²) in [7, 11) is 0. The molecule has 0 saturated heterocycles. The number of aryl methyl sites for hydroxylation is 2. The van der Waals surface area contributed by atoms with Crippen LogP contribution in [0.2, 0.25) is 0 Å². The quantitative estimate of drug-likeness (QED) is 0.899. The maximum atomic E-state index is 6.59. The average Bonchev–Trinajstić information content (AvgIpc) is 2.74. The van der Waals surface area contributed by atoms with Crippen molar-refractivity contribution in [3.05, 3.63) is 51.5 Å². The number of nitrogens with two attached hydrogens (primary N) is 1. The van der Waals surface area contributed by atoms with Gasteiger partial charge in [-0.25, -0.2) is 4.98 Å². The minimum atomic E-state index is -0.0900. The monoisotopic (exact) mass is 258 g/mol. The molecule has 2 nitrogen and oxygen atoms in total. The summed E-state index contributed by atoms with van der Waals surface area (Å²) in [6, 6.07) is 8.68. The summed E-state index contributed by atoms with van der Waals surface area (Å²) in [6.45, 7) is 2.05. The first-order valence-corrected chi connectivity index (χ1v) is 7.23. The third-order valence-corrected chi connectivity index (χ3v) is 4.66. The average molecular weight is 258 g/mol. The predicted molar refractivity (Wildman–Crippen MR) is 75.9 cm³/mol. The molecule has 0 fully saturated rings. The van der Waals surface area contributed by atoms with Crippen molar-refractivity contribution >= 4 is 11.3 Å². The second-order valence-electron chi connectivity index (χ2n) is 5.33. The van der Waals surface area contributed by atoms with Crippen LogP contribution < -0.4 is 5.73 Å². The molecule has 18 heavy (non-hydrogen) atoms. The molecule has 94 valence electrons. The third kappa shape index (κ3) is 2.33. The van der Waals surface area contributed by atoms with Crippen molar-refractivity contribution in [2.75, 3.05) is 0 Å². The van der Waals surface area contributed by atoms with Crippen molar-refractivity contribution in [1.82, 2.24) is 4.98 Å². The van der Waals surface area contributed by atoms with Gasteiger partial charge >= 0.3 is 0 Å². The van der Waals surface area contributed by atoms with E-state index in [4.69, 9.17) is 5.73 Å². The molecule has 0 radical (unpaired) electrons. The fraction of sp³-hybridized carbons (Fsp3) is 0.400. The topological polar surface area (TPSA) is 38.9 Å². The lowest BCUT2D eigenvalue weighted by molar-refractivity contribution is 0.371. The molecule has 1 aliphatic rings. The lowest BCUT2D eigenvalue weighted by Gasteiger charge is -2.34. The molecule has 0 aliphatic heterocycles. The fourth-order valence-corrected chi connectivity index (χ4v) is 3.76. The first-order chi connectivity index (χ1) is 8.65. The van der Waals surface area contributed by atoms with Gasteiger partial charge in [-0.1, -0.05) is 24.3 Å². The Kier molecular flexibility index (Phi) is 2.96. The Balaban J connectivity index is 1.81. The normalized spacial score (nSPS) is 22.8. The van der Waals surface area contributed by atoms with E-state index in [9.17, 15) is 0 Å². The van der Waals surface area contributed by atoms with Crippen molar-refractivity contribution in [2.24, 2.45) is 5.73 Å². The van der Waals surface area contributed by atoms with E-state index in [0.29, 0.717) is 0 Å². The first-order valence-electron chi connectivity index (χ1n) is 6.42. The van der Waals surface area contributed by atoms with Crippen LogP contribution in [0.25, 0.3) is 0 Å². The standard InChI is InChI=1S/C15H18N2S/c1-11-17-10-14(18-11)9-15(16)7-6-12-4-2-3-5-13(12)8-15/h2-5,10H,6-9,16H2,1H3. The lowest BCUT2D eigenvalue weighted by Crippen LogP contribution is -2.46. The summed E-state index contributed by atoms with van der Waals surface area (Å²) in [5.74, 6) is 0. The SMILES string of the molecule is Cc1ncc(CC2(N)CCc3ccccc3C2)s1. The molecule has 0 spiro atoms. The molecule has 0 saturated carbocycles. The molecule has 3 heteroatoms. The van der Waals surface area contributed by atoms with Gasteiger partial charge in [-0.15, -0.1) is 11.3 Å². The van der Waals surface area contributed by atoms with Gasteiger partial charge in [0.25, 0.3) is 0 Å². The second kappa shape index (κ2) is 4.48. The summed E-state index contributed by atoms with van der Waals surface area (Å²) in [6.07, 6.45) is 6.09. The molecule has 1 aromatic carbocycles. The summed E-state index contributed by atoms with van der Waals surface area (Å²) < 4.78 is 0. The largest absolute Gasteiger partial charge is 0.324 e. The van der Waals surface area contributed by atoms with Crippen molar-refractivity contribution in [2.45, 2.75) is 38.1 Å². The van der Waals surface area contributed by atoms with Crippen LogP contribution >= 0.6 is 11.3 Å². The molecule has 3 rings (SSSR count). The highest BCUT2D eigenvalue weighted by Crippen LogP contribution is 2.30. The van der Waals surface area contributed by atoms with Crippen LogP contribution in [-0.2, 0) is 19.3 Å². The zero-order valence-corrected chi connectivity index (χ0v) is 11.5. The molecule has 0 bridgehead atoms. The van der Waals surface area contributed by atoms with Gasteiger partial charge in [-0.05, 0) is 37.3 Å². The van der Waals surface area contributed by atoms with E-state index in [0.717, 1.165) is 30.7 Å². The molecule has 0 amide bonds. The van der Waals surface area contributed by atoms with Crippen LogP contribution in [0.1, 0.15) is 27.4 Å². The van der Waals surface area contributed by atoms with Crippen LogP contribution in [0.15, 0.2) is 30.5 Å². The van der Waals surface area contributed by atoms with Gasteiger partial charge in [-0.3, -0.25) is 0 Å². The van der Waals surface area contributed by atoms with E-state index in [1.54, 1.807) is 11.3 Å². The first kappa shape index (κ1) is 11.9. The van der Waals surface area contributed by atoms with Crippen LogP contribution in [-0.4, -0.2) is 10.5 Å². The van der Waals surface area contributed by atoms with E-state index in [1.807, 2.05) is 13.1 Å². The number of hydrogen-bond acceptors (Lipinski definition) is 3. The maximum absolute atomic E-state index is 6.59. The van der Waals surface area contributed by atoms with Crippen molar-refractivity contribution in [1.29, 1.82) is 0 Å². The number of thiazole rings is 1. The smallest absolute Gasteiger partial charge is 0.0896 e. The molecule has 2 N–H and O–H groups in total. The minimum Gasteiger partial charge on any atom is -0.324 e. The molecule has 1 aliphatic carbocycles. The molecule has 2 aromatic rings. The second-order valence-corrected chi connectivity index (χ2v) is 6.65. The van der Waals surface area contributed by atoms with Gasteiger partial charge in [0, 0.05) is 23.0 Å². The Morgan fingerprint density at radius 3 is 2.83 bits per heavy atom. The number of fused-ring (bicyclic) bond motifs is 1. The zero-order chi connectivity index (χ0) is 12.6. The van der Waals surface area contributed by atoms with Gasteiger partial charge < -0.3 is 5.73 Å².